The Hall–Kier alpha value is -1.71. The molecule has 0 aromatic heterocycles. The average molecular weight is 296 g/mol. The van der Waals surface area contributed by atoms with Crippen LogP contribution in [0.15, 0.2) is 48.5 Å². The molecule has 3 heteroatoms. The first-order valence-corrected chi connectivity index (χ1v) is 7.82. The smallest absolute Gasteiger partial charge is 0.104 e. The first-order valence-electron chi connectivity index (χ1n) is 7.41. The third-order valence-corrected chi connectivity index (χ3v) is 4.41. The molecule has 2 aromatic rings. The summed E-state index contributed by atoms with van der Waals surface area (Å²) < 4.78 is 0. The Kier molecular flexibility index (Phi) is 4.32. The Bertz CT molecular complexity index is 624. The summed E-state index contributed by atoms with van der Waals surface area (Å²) in [5.41, 5.74) is 11.1. The van der Waals surface area contributed by atoms with E-state index in [9.17, 15) is 0 Å². The molecule has 3 rings (SSSR count). The monoisotopic (exact) mass is 296 g/mol. The summed E-state index contributed by atoms with van der Waals surface area (Å²) in [4.78, 5) is 2.99. The van der Waals surface area contributed by atoms with Crippen LogP contribution in [0, 0.1) is 0 Å². The van der Waals surface area contributed by atoms with Crippen LogP contribution in [0.2, 0.25) is 0 Å². The molecule has 0 radical (unpaired) electrons. The van der Waals surface area contributed by atoms with Gasteiger partial charge in [0, 0.05) is 25.2 Å². The minimum Gasteiger partial charge on any atom is -0.389 e. The van der Waals surface area contributed by atoms with E-state index >= 15 is 0 Å². The van der Waals surface area contributed by atoms with Crippen LogP contribution in [0.4, 0.5) is 0 Å². The Morgan fingerprint density at radius 1 is 0.952 bits per heavy atom. The molecule has 0 amide bonds. The van der Waals surface area contributed by atoms with Crippen molar-refractivity contribution in [2.24, 2.45) is 5.73 Å². The zero-order valence-electron chi connectivity index (χ0n) is 12.1. The van der Waals surface area contributed by atoms with Crippen molar-refractivity contribution in [3.63, 3.8) is 0 Å². The quantitative estimate of drug-likeness (QED) is 0.883. The zero-order valence-corrected chi connectivity index (χ0v) is 12.9. The van der Waals surface area contributed by atoms with Crippen molar-refractivity contribution < 1.29 is 0 Å². The van der Waals surface area contributed by atoms with E-state index < -0.39 is 0 Å². The second-order valence-electron chi connectivity index (χ2n) is 5.57. The lowest BCUT2D eigenvalue weighted by Crippen LogP contribution is -2.27. The molecule has 0 unspecified atom stereocenters. The molecule has 1 aliphatic rings. The minimum atomic E-state index is 0.490. The zero-order chi connectivity index (χ0) is 14.7. The molecule has 2 nitrogen and oxygen atoms in total. The van der Waals surface area contributed by atoms with Crippen molar-refractivity contribution in [1.82, 2.24) is 4.90 Å². The first-order chi connectivity index (χ1) is 10.2. The third-order valence-electron chi connectivity index (χ3n) is 4.19. The van der Waals surface area contributed by atoms with Gasteiger partial charge in [0.25, 0.3) is 0 Å². The van der Waals surface area contributed by atoms with Crippen LogP contribution in [-0.2, 0) is 19.4 Å². The van der Waals surface area contributed by atoms with Gasteiger partial charge in [-0.2, -0.15) is 0 Å². The Morgan fingerprint density at radius 3 is 2.14 bits per heavy atom. The van der Waals surface area contributed by atoms with Crippen LogP contribution in [-0.4, -0.2) is 23.0 Å². The van der Waals surface area contributed by atoms with E-state index in [2.05, 4.69) is 41.3 Å². The molecular formula is C18H20N2S. The summed E-state index contributed by atoms with van der Waals surface area (Å²) in [5, 5.41) is 0. The molecule has 1 heterocycles. The Balaban J connectivity index is 1.74. The van der Waals surface area contributed by atoms with Crippen molar-refractivity contribution in [2.45, 2.75) is 19.4 Å². The summed E-state index contributed by atoms with van der Waals surface area (Å²) in [6, 6.07) is 17.0. The lowest BCUT2D eigenvalue weighted by Gasteiger charge is -2.21. The normalized spacial score (nSPS) is 15.2. The fraction of sp³-hybridized carbons (Fsp3) is 0.278. The van der Waals surface area contributed by atoms with Crippen LogP contribution in [0.3, 0.4) is 0 Å². The first kappa shape index (κ1) is 14.2. The lowest BCUT2D eigenvalue weighted by molar-refractivity contribution is 0.279. The molecule has 108 valence electrons. The topological polar surface area (TPSA) is 29.3 Å². The molecule has 0 aliphatic carbocycles. The van der Waals surface area contributed by atoms with Gasteiger partial charge in [0.15, 0.2) is 0 Å². The number of thiocarbonyl (C=S) groups is 1. The number of hydrogen-bond acceptors (Lipinski definition) is 2. The van der Waals surface area contributed by atoms with E-state index in [0.717, 1.165) is 38.0 Å². The van der Waals surface area contributed by atoms with E-state index in [-0.39, 0.29) is 0 Å². The average Bonchev–Trinajstić information content (AvgIpc) is 2.71. The van der Waals surface area contributed by atoms with Gasteiger partial charge in [0.05, 0.1) is 0 Å². The van der Waals surface area contributed by atoms with Crippen LogP contribution in [0.1, 0.15) is 22.3 Å². The number of nitrogens with two attached hydrogens (primary N) is 1. The maximum atomic E-state index is 5.83. The standard InChI is InChI=1S/C18H20N2S/c19-18(21)17-8-4-3-7-16(17)13-20-11-9-14-5-1-2-6-15(14)10-12-20/h1-8H,9-13H2,(H2,19,21). The van der Waals surface area contributed by atoms with E-state index in [1.165, 1.54) is 16.7 Å². The predicted octanol–water partition coefficient (Wildman–Crippen LogP) is 2.92. The maximum absolute atomic E-state index is 5.83. The van der Waals surface area contributed by atoms with Crippen LogP contribution in [0.25, 0.3) is 0 Å². The van der Waals surface area contributed by atoms with Crippen LogP contribution in [0.5, 0.6) is 0 Å². The predicted molar refractivity (Wildman–Crippen MR) is 91.5 cm³/mol. The highest BCUT2D eigenvalue weighted by atomic mass is 32.1. The second-order valence-corrected chi connectivity index (χ2v) is 6.01. The maximum Gasteiger partial charge on any atom is 0.104 e. The van der Waals surface area contributed by atoms with Gasteiger partial charge in [0.1, 0.15) is 4.99 Å². The van der Waals surface area contributed by atoms with Crippen molar-refractivity contribution in [2.75, 3.05) is 13.1 Å². The Morgan fingerprint density at radius 2 is 1.52 bits per heavy atom. The highest BCUT2D eigenvalue weighted by Crippen LogP contribution is 2.18. The van der Waals surface area contributed by atoms with Gasteiger partial charge in [-0.05, 0) is 29.5 Å². The van der Waals surface area contributed by atoms with Crippen molar-refractivity contribution in [3.05, 3.63) is 70.8 Å². The molecule has 0 fully saturated rings. The SMILES string of the molecule is NC(=S)c1ccccc1CN1CCc2ccccc2CC1. The van der Waals surface area contributed by atoms with Crippen molar-refractivity contribution in [3.8, 4) is 0 Å². The molecule has 0 saturated heterocycles. The molecule has 0 atom stereocenters. The largest absolute Gasteiger partial charge is 0.389 e. The van der Waals surface area contributed by atoms with Crippen LogP contribution >= 0.6 is 12.2 Å². The number of benzene rings is 2. The number of rotatable bonds is 3. The van der Waals surface area contributed by atoms with Gasteiger partial charge in [-0.15, -0.1) is 0 Å². The van der Waals surface area contributed by atoms with E-state index in [1.807, 2.05) is 12.1 Å². The number of hydrogen-bond donors (Lipinski definition) is 1. The van der Waals surface area contributed by atoms with Gasteiger partial charge in [-0.25, -0.2) is 0 Å². The summed E-state index contributed by atoms with van der Waals surface area (Å²) in [6.07, 6.45) is 2.23. The summed E-state index contributed by atoms with van der Waals surface area (Å²) in [7, 11) is 0. The molecule has 1 aliphatic heterocycles. The van der Waals surface area contributed by atoms with Crippen molar-refractivity contribution >= 4 is 17.2 Å². The number of nitrogens with zero attached hydrogens (tertiary/aromatic N) is 1. The lowest BCUT2D eigenvalue weighted by atomic mass is 10.0. The highest BCUT2D eigenvalue weighted by molar-refractivity contribution is 7.80. The summed E-state index contributed by atoms with van der Waals surface area (Å²) >= 11 is 5.16. The van der Waals surface area contributed by atoms with Crippen molar-refractivity contribution in [1.29, 1.82) is 0 Å². The fourth-order valence-corrected chi connectivity index (χ4v) is 3.21. The van der Waals surface area contributed by atoms with Gasteiger partial charge in [0.2, 0.25) is 0 Å². The molecule has 21 heavy (non-hydrogen) atoms. The number of fused-ring (bicyclic) bond motifs is 1. The van der Waals surface area contributed by atoms with E-state index in [4.69, 9.17) is 18.0 Å². The van der Waals surface area contributed by atoms with Gasteiger partial charge < -0.3 is 5.73 Å². The summed E-state index contributed by atoms with van der Waals surface area (Å²) in [6.45, 7) is 3.09. The molecule has 0 saturated carbocycles. The molecule has 2 N–H and O–H groups in total. The molecule has 0 bridgehead atoms. The fourth-order valence-electron chi connectivity index (χ4n) is 3.01. The third kappa shape index (κ3) is 3.31. The van der Waals surface area contributed by atoms with Crippen LogP contribution < -0.4 is 5.73 Å². The molecule has 2 aromatic carbocycles. The van der Waals surface area contributed by atoms with Gasteiger partial charge >= 0.3 is 0 Å². The Labute approximate surface area is 131 Å². The van der Waals surface area contributed by atoms with Gasteiger partial charge in [-0.3, -0.25) is 4.90 Å². The van der Waals surface area contributed by atoms with Gasteiger partial charge in [-0.1, -0.05) is 60.7 Å². The molecular weight excluding hydrogens is 276 g/mol. The second kappa shape index (κ2) is 6.37. The minimum absolute atomic E-state index is 0.490. The van der Waals surface area contributed by atoms with E-state index in [1.54, 1.807) is 0 Å². The summed E-state index contributed by atoms with van der Waals surface area (Å²) in [5.74, 6) is 0. The van der Waals surface area contributed by atoms with E-state index in [0.29, 0.717) is 4.99 Å². The highest BCUT2D eigenvalue weighted by Gasteiger charge is 2.15. The molecule has 0 spiro atoms.